The number of nitrogens with zero attached hydrogens (tertiary/aromatic N) is 1. The van der Waals surface area contributed by atoms with Gasteiger partial charge >= 0.3 is 0 Å². The Kier molecular flexibility index (Phi) is 10.3. The van der Waals surface area contributed by atoms with Crippen LogP contribution < -0.4 is 5.32 Å². The van der Waals surface area contributed by atoms with Gasteiger partial charge in [0.05, 0.1) is 0 Å². The Morgan fingerprint density at radius 1 is 1.04 bits per heavy atom. The summed E-state index contributed by atoms with van der Waals surface area (Å²) in [4.78, 5) is 48.6. The van der Waals surface area contributed by atoms with E-state index in [0.717, 1.165) is 4.90 Å². The number of likely N-dealkylation sites (tertiary alicyclic amines) is 1. The zero-order valence-electron chi connectivity index (χ0n) is 16.1. The molecule has 2 aliphatic heterocycles. The van der Waals surface area contributed by atoms with Gasteiger partial charge in [-0.2, -0.15) is 0 Å². The third-order valence-corrected chi connectivity index (χ3v) is 3.41. The lowest BCUT2D eigenvalue weighted by Gasteiger charge is -2.27. The molecule has 2 saturated heterocycles. The summed E-state index contributed by atoms with van der Waals surface area (Å²) in [6.07, 6.45) is 5.44. The largest absolute Gasteiger partial charge is 0.295 e. The van der Waals surface area contributed by atoms with Gasteiger partial charge in [0, 0.05) is 17.6 Å². The second-order valence-corrected chi connectivity index (χ2v) is 5.38. The molecule has 0 saturated carbocycles. The second kappa shape index (κ2) is 11.3. The molecule has 0 radical (unpaired) electrons. The van der Waals surface area contributed by atoms with Crippen LogP contribution >= 0.6 is 0 Å². The lowest BCUT2D eigenvalue weighted by atomic mass is 10.0. The van der Waals surface area contributed by atoms with Crippen LogP contribution in [0.25, 0.3) is 0 Å². The summed E-state index contributed by atoms with van der Waals surface area (Å²) in [6.45, 7) is 11.8. The van der Waals surface area contributed by atoms with E-state index in [1.807, 2.05) is 20.8 Å². The first-order valence-electron chi connectivity index (χ1n) is 9.01. The maximum atomic E-state index is 12.3. The van der Waals surface area contributed by atoms with Crippen molar-refractivity contribution in [2.24, 2.45) is 0 Å². The fraction of sp³-hybridized carbons (Fsp3) is 0.579. The highest BCUT2D eigenvalue weighted by atomic mass is 16.2. The Morgan fingerprint density at radius 3 is 2.00 bits per heavy atom. The van der Waals surface area contributed by atoms with Gasteiger partial charge < -0.3 is 0 Å². The van der Waals surface area contributed by atoms with Crippen LogP contribution in [0.3, 0.4) is 0 Å². The van der Waals surface area contributed by atoms with Gasteiger partial charge in [0.2, 0.25) is 11.8 Å². The highest BCUT2D eigenvalue weighted by Gasteiger charge is 2.45. The number of allylic oxidation sites excluding steroid dienone is 2. The normalized spacial score (nSPS) is 23.1. The highest BCUT2D eigenvalue weighted by Crippen LogP contribution is 2.29. The fourth-order valence-electron chi connectivity index (χ4n) is 2.47. The van der Waals surface area contributed by atoms with Crippen molar-refractivity contribution in [2.75, 3.05) is 0 Å². The van der Waals surface area contributed by atoms with E-state index in [9.17, 15) is 19.2 Å². The van der Waals surface area contributed by atoms with Gasteiger partial charge in [-0.05, 0) is 19.8 Å². The predicted octanol–water partition coefficient (Wildman–Crippen LogP) is 2.89. The highest BCUT2D eigenvalue weighted by molar-refractivity contribution is 6.26. The molecule has 0 aromatic rings. The number of carbonyl (C=O) groups excluding carboxylic acids is 4. The van der Waals surface area contributed by atoms with Gasteiger partial charge in [0.25, 0.3) is 11.8 Å². The lowest BCUT2D eigenvalue weighted by molar-refractivity contribution is -0.149. The van der Waals surface area contributed by atoms with Crippen molar-refractivity contribution in [1.82, 2.24) is 10.2 Å². The number of amides is 4. The molecule has 25 heavy (non-hydrogen) atoms. The van der Waals surface area contributed by atoms with Crippen LogP contribution in [0.15, 0.2) is 23.3 Å². The Balaban J connectivity index is 0.00000104. The van der Waals surface area contributed by atoms with E-state index in [1.165, 1.54) is 6.42 Å². The first-order valence-corrected chi connectivity index (χ1v) is 9.01. The van der Waals surface area contributed by atoms with E-state index < -0.39 is 23.8 Å². The SMILES string of the molecule is C/C=C1/C(=O)N(C2CCC(=O)NC2=O)C(=O)/C1=C/CC.CC.CCC. The predicted molar refractivity (Wildman–Crippen MR) is 97.5 cm³/mol. The minimum Gasteiger partial charge on any atom is -0.295 e. The number of imide groups is 2. The van der Waals surface area contributed by atoms with E-state index in [2.05, 4.69) is 19.2 Å². The summed E-state index contributed by atoms with van der Waals surface area (Å²) >= 11 is 0. The monoisotopic (exact) mass is 350 g/mol. The third kappa shape index (κ3) is 5.37. The van der Waals surface area contributed by atoms with Crippen LogP contribution in [0.4, 0.5) is 0 Å². The van der Waals surface area contributed by atoms with Crippen LogP contribution in [0.5, 0.6) is 0 Å². The summed E-state index contributed by atoms with van der Waals surface area (Å²) in [7, 11) is 0. The first kappa shape index (κ1) is 22.8. The minimum absolute atomic E-state index is 0.130. The lowest BCUT2D eigenvalue weighted by Crippen LogP contribution is -2.54. The van der Waals surface area contributed by atoms with Gasteiger partial charge in [0.15, 0.2) is 0 Å². The van der Waals surface area contributed by atoms with E-state index in [1.54, 1.807) is 19.1 Å². The van der Waals surface area contributed by atoms with Crippen LogP contribution in [0.1, 0.15) is 67.2 Å². The van der Waals surface area contributed by atoms with E-state index in [0.29, 0.717) is 17.6 Å². The molecule has 1 N–H and O–H groups in total. The molecule has 1 atom stereocenters. The summed E-state index contributed by atoms with van der Waals surface area (Å²) in [5.41, 5.74) is 0.659. The number of hydrogen-bond acceptors (Lipinski definition) is 4. The van der Waals surface area contributed by atoms with Gasteiger partial charge in [-0.1, -0.05) is 53.2 Å². The Morgan fingerprint density at radius 2 is 1.56 bits per heavy atom. The molecule has 2 fully saturated rings. The molecule has 140 valence electrons. The minimum atomic E-state index is -0.898. The van der Waals surface area contributed by atoms with Crippen molar-refractivity contribution in [1.29, 1.82) is 0 Å². The molecule has 2 heterocycles. The molecule has 4 amide bonds. The molecule has 6 nitrogen and oxygen atoms in total. The van der Waals surface area contributed by atoms with Crippen LogP contribution in [0.2, 0.25) is 0 Å². The topological polar surface area (TPSA) is 83.6 Å². The average molecular weight is 350 g/mol. The maximum absolute atomic E-state index is 12.3. The second-order valence-electron chi connectivity index (χ2n) is 5.38. The van der Waals surface area contributed by atoms with E-state index in [4.69, 9.17) is 0 Å². The molecule has 0 aliphatic carbocycles. The average Bonchev–Trinajstić information content (AvgIpc) is 2.81. The Hall–Kier alpha value is -2.24. The molecular weight excluding hydrogens is 320 g/mol. The molecule has 2 aliphatic rings. The van der Waals surface area contributed by atoms with Crippen molar-refractivity contribution >= 4 is 23.6 Å². The van der Waals surface area contributed by atoms with E-state index >= 15 is 0 Å². The van der Waals surface area contributed by atoms with Crippen LogP contribution in [0, 0.1) is 0 Å². The molecule has 0 aromatic carbocycles. The zero-order chi connectivity index (χ0) is 19.6. The molecule has 0 bridgehead atoms. The molecule has 6 heteroatoms. The first-order chi connectivity index (χ1) is 11.9. The molecule has 2 rings (SSSR count). The smallest absolute Gasteiger partial charge is 0.261 e. The number of nitrogens with one attached hydrogen (secondary N) is 1. The van der Waals surface area contributed by atoms with Crippen LogP contribution in [-0.2, 0) is 19.2 Å². The molecule has 0 spiro atoms. The van der Waals surface area contributed by atoms with E-state index in [-0.39, 0.29) is 18.7 Å². The van der Waals surface area contributed by atoms with Gasteiger partial charge in [-0.3, -0.25) is 29.4 Å². The maximum Gasteiger partial charge on any atom is 0.261 e. The molecular formula is C19H30N2O4. The van der Waals surface area contributed by atoms with Crippen molar-refractivity contribution in [3.63, 3.8) is 0 Å². The van der Waals surface area contributed by atoms with Crippen molar-refractivity contribution < 1.29 is 19.2 Å². The molecule has 1 unspecified atom stereocenters. The van der Waals surface area contributed by atoms with Gasteiger partial charge in [0.1, 0.15) is 6.04 Å². The van der Waals surface area contributed by atoms with Crippen LogP contribution in [-0.4, -0.2) is 34.6 Å². The summed E-state index contributed by atoms with van der Waals surface area (Å²) in [6, 6.07) is -0.898. The summed E-state index contributed by atoms with van der Waals surface area (Å²) in [5, 5.41) is 2.16. The third-order valence-electron chi connectivity index (χ3n) is 3.41. The zero-order valence-corrected chi connectivity index (χ0v) is 16.1. The van der Waals surface area contributed by atoms with Gasteiger partial charge in [-0.15, -0.1) is 0 Å². The molecule has 0 aromatic heterocycles. The standard InChI is InChI=1S/C14H16N2O4.C3H8.C2H6/c1-3-5-9-8(4-2)13(19)16(14(9)20)10-6-7-11(17)15-12(10)18;1-3-2;1-2/h4-5,10H,3,6-7H2,1-2H3,(H,15,17,18);3H2,1-2H3;1-2H3/b8-4+,9-5+;;. The van der Waals surface area contributed by atoms with Crippen molar-refractivity contribution in [2.45, 2.75) is 73.3 Å². The number of carbonyl (C=O) groups is 4. The fourth-order valence-corrected chi connectivity index (χ4v) is 2.47. The number of hydrogen-bond donors (Lipinski definition) is 1. The summed E-state index contributed by atoms with van der Waals surface area (Å²) < 4.78 is 0. The van der Waals surface area contributed by atoms with Gasteiger partial charge in [-0.25, -0.2) is 0 Å². The Bertz CT molecular complexity index is 576. The summed E-state index contributed by atoms with van der Waals surface area (Å²) in [5.74, 6) is -1.89. The number of rotatable bonds is 2. The van der Waals surface area contributed by atoms with Crippen molar-refractivity contribution in [3.05, 3.63) is 23.3 Å². The Labute approximate surface area is 150 Å². The number of piperidine rings is 1. The van der Waals surface area contributed by atoms with Crippen molar-refractivity contribution in [3.8, 4) is 0 Å². The quantitative estimate of drug-likeness (QED) is 0.613.